The summed E-state index contributed by atoms with van der Waals surface area (Å²) in [7, 11) is 1.90. The van der Waals surface area contributed by atoms with Crippen LogP contribution in [0.1, 0.15) is 26.4 Å². The van der Waals surface area contributed by atoms with Gasteiger partial charge in [0.1, 0.15) is 11.0 Å². The number of aryl methyl sites for hydroxylation is 5. The summed E-state index contributed by atoms with van der Waals surface area (Å²) in [4.78, 5) is 0. The Bertz CT molecular complexity index is 1260. The van der Waals surface area contributed by atoms with E-state index in [1.54, 1.807) is 12.1 Å². The molecule has 0 N–H and O–H groups in total. The first-order chi connectivity index (χ1) is 13.1. The third-order valence-electron chi connectivity index (χ3n) is 5.03. The first-order valence-electron chi connectivity index (χ1n) is 9.82. The summed E-state index contributed by atoms with van der Waals surface area (Å²) in [5.74, 6) is 0.694. The molecule has 26 heavy (non-hydrogen) atoms. The van der Waals surface area contributed by atoms with Gasteiger partial charge >= 0.3 is 18.9 Å². The van der Waals surface area contributed by atoms with Crippen LogP contribution in [0.15, 0.2) is 42.6 Å². The molecule has 0 spiro atoms. The first-order valence-corrected chi connectivity index (χ1v) is 8.32. The van der Waals surface area contributed by atoms with Crippen molar-refractivity contribution in [3.05, 3.63) is 64.8 Å². The molecule has 2 heterocycles. The van der Waals surface area contributed by atoms with Crippen molar-refractivity contribution in [2.45, 2.75) is 27.6 Å². The van der Waals surface area contributed by atoms with Gasteiger partial charge in [-0.15, -0.1) is 5.75 Å². The van der Waals surface area contributed by atoms with Crippen molar-refractivity contribution in [1.29, 1.82) is 0 Å². The third kappa shape index (κ3) is 2.55. The Hall–Kier alpha value is -2.21. The molecule has 126 valence electrons. The standard InChI is InChI=1S/C22H22N2O.Li/c1-13-7-6-8-17-18-9-10-19(25)16(4)22(18)24(21(13)17)20-11-14(2)15(3)12-23(20)5;/h6-12H,1-5H3;/q;+1/i2D3;. The zero-order valence-corrected chi connectivity index (χ0v) is 15.8. The fourth-order valence-corrected chi connectivity index (χ4v) is 3.69. The van der Waals surface area contributed by atoms with Crippen LogP contribution in [0.3, 0.4) is 0 Å². The van der Waals surface area contributed by atoms with Gasteiger partial charge in [-0.25, -0.2) is 4.57 Å². The van der Waals surface area contributed by atoms with Gasteiger partial charge in [-0.2, -0.15) is 4.57 Å². The van der Waals surface area contributed by atoms with Gasteiger partial charge in [0.15, 0.2) is 0 Å². The van der Waals surface area contributed by atoms with Gasteiger partial charge in [-0.05, 0) is 55.9 Å². The molecular formula is C22H22LiN2O+. The van der Waals surface area contributed by atoms with E-state index >= 15 is 0 Å². The molecule has 0 bridgehead atoms. The maximum absolute atomic E-state index is 12.4. The molecule has 0 aliphatic rings. The second-order valence-corrected chi connectivity index (χ2v) is 6.73. The van der Waals surface area contributed by atoms with Crippen LogP contribution in [0.2, 0.25) is 0 Å². The summed E-state index contributed by atoms with van der Waals surface area (Å²) in [5.41, 5.74) is 4.57. The van der Waals surface area contributed by atoms with Gasteiger partial charge in [-0.3, -0.25) is 0 Å². The van der Waals surface area contributed by atoms with Crippen molar-refractivity contribution in [3.8, 4) is 11.6 Å². The quantitative estimate of drug-likeness (QED) is 0.375. The van der Waals surface area contributed by atoms with E-state index in [4.69, 9.17) is 4.11 Å². The zero-order chi connectivity index (χ0) is 20.4. The van der Waals surface area contributed by atoms with Crippen molar-refractivity contribution < 1.29 is 32.6 Å². The molecule has 0 saturated carbocycles. The molecule has 2 aromatic carbocycles. The Morgan fingerprint density at radius 3 is 2.42 bits per heavy atom. The van der Waals surface area contributed by atoms with Gasteiger partial charge in [0.05, 0.1) is 13.2 Å². The van der Waals surface area contributed by atoms with Crippen LogP contribution in [0, 0.1) is 27.6 Å². The van der Waals surface area contributed by atoms with Gasteiger partial charge in [0.2, 0.25) is 0 Å². The van der Waals surface area contributed by atoms with Gasteiger partial charge < -0.3 is 5.11 Å². The second kappa shape index (κ2) is 6.50. The predicted octanol–water partition coefficient (Wildman–Crippen LogP) is 0.919. The Kier molecular flexibility index (Phi) is 3.73. The summed E-state index contributed by atoms with van der Waals surface area (Å²) in [6.07, 6.45) is 1.84. The van der Waals surface area contributed by atoms with Crippen molar-refractivity contribution in [3.63, 3.8) is 0 Å². The van der Waals surface area contributed by atoms with Gasteiger partial charge in [0.25, 0.3) is 5.82 Å². The number of hydrogen-bond donors (Lipinski definition) is 0. The average Bonchev–Trinajstić information content (AvgIpc) is 2.93. The number of para-hydroxylation sites is 1. The smallest absolute Gasteiger partial charge is 0.872 e. The maximum atomic E-state index is 12.4. The average molecular weight is 340 g/mol. The number of rotatable bonds is 1. The van der Waals surface area contributed by atoms with Crippen LogP contribution in [-0.2, 0) is 7.05 Å². The maximum Gasteiger partial charge on any atom is 1.00 e. The monoisotopic (exact) mass is 340 g/mol. The molecule has 0 atom stereocenters. The minimum absolute atomic E-state index is 0. The Morgan fingerprint density at radius 2 is 1.69 bits per heavy atom. The summed E-state index contributed by atoms with van der Waals surface area (Å²) in [6.45, 7) is 3.46. The normalized spacial score (nSPS) is 13.3. The molecule has 2 aromatic heterocycles. The van der Waals surface area contributed by atoms with Crippen LogP contribution in [0.25, 0.3) is 27.6 Å². The Labute approximate surface area is 170 Å². The molecule has 0 aliphatic carbocycles. The second-order valence-electron chi connectivity index (χ2n) is 6.73. The number of benzene rings is 2. The number of pyridine rings is 1. The minimum Gasteiger partial charge on any atom is -0.872 e. The fraction of sp³-hybridized carbons (Fsp3) is 0.227. The predicted molar refractivity (Wildman–Crippen MR) is 100 cm³/mol. The molecule has 0 saturated heterocycles. The van der Waals surface area contributed by atoms with Crippen LogP contribution in [0.4, 0.5) is 0 Å². The van der Waals surface area contributed by atoms with Crippen molar-refractivity contribution in [2.75, 3.05) is 0 Å². The summed E-state index contributed by atoms with van der Waals surface area (Å²) >= 11 is 0. The fourth-order valence-electron chi connectivity index (χ4n) is 3.69. The molecule has 0 fully saturated rings. The van der Waals surface area contributed by atoms with E-state index < -0.39 is 6.85 Å². The van der Waals surface area contributed by atoms with Crippen molar-refractivity contribution in [2.24, 2.45) is 7.05 Å². The molecule has 0 aliphatic heterocycles. The molecule has 4 aromatic rings. The SMILES string of the molecule is [2H]C([2H])([2H])c1cc(-n2c3c(C)cccc3c3ccc([O-])c(C)c32)[n+](C)cc1C.[Li+]. The third-order valence-corrected chi connectivity index (χ3v) is 5.03. The molecule has 3 nitrogen and oxygen atoms in total. The van der Waals surface area contributed by atoms with Crippen LogP contribution in [0.5, 0.6) is 5.75 Å². The number of fused-ring (bicyclic) bond motifs is 3. The largest absolute Gasteiger partial charge is 1.00 e. The van der Waals surface area contributed by atoms with Crippen molar-refractivity contribution in [1.82, 2.24) is 4.57 Å². The Balaban J connectivity index is 0.00000240. The Morgan fingerprint density at radius 1 is 0.962 bits per heavy atom. The van der Waals surface area contributed by atoms with E-state index in [0.29, 0.717) is 16.7 Å². The van der Waals surface area contributed by atoms with Crippen LogP contribution < -0.4 is 28.5 Å². The van der Waals surface area contributed by atoms with E-state index in [2.05, 4.69) is 0 Å². The molecule has 0 radical (unpaired) electrons. The van der Waals surface area contributed by atoms with E-state index in [0.717, 1.165) is 33.2 Å². The number of aromatic nitrogens is 2. The minimum atomic E-state index is -2.21. The first kappa shape index (κ1) is 14.9. The summed E-state index contributed by atoms with van der Waals surface area (Å²) < 4.78 is 27.7. The van der Waals surface area contributed by atoms with E-state index in [-0.39, 0.29) is 24.6 Å². The zero-order valence-electron chi connectivity index (χ0n) is 18.8. The topological polar surface area (TPSA) is 31.9 Å². The molecule has 0 unspecified atom stereocenters. The molecule has 4 heteroatoms. The van der Waals surface area contributed by atoms with E-state index in [1.165, 1.54) is 0 Å². The van der Waals surface area contributed by atoms with Gasteiger partial charge in [0, 0.05) is 21.0 Å². The van der Waals surface area contributed by atoms with Crippen molar-refractivity contribution >= 4 is 21.8 Å². The number of hydrogen-bond acceptors (Lipinski definition) is 1. The van der Waals surface area contributed by atoms with Crippen LogP contribution >= 0.6 is 0 Å². The summed E-state index contributed by atoms with van der Waals surface area (Å²) in [5, 5.41) is 14.5. The number of nitrogens with zero attached hydrogens (tertiary/aromatic N) is 2. The van der Waals surface area contributed by atoms with Gasteiger partial charge in [-0.1, -0.05) is 24.3 Å². The van der Waals surface area contributed by atoms with E-state index in [1.807, 2.05) is 67.4 Å². The van der Waals surface area contributed by atoms with Crippen LogP contribution in [-0.4, -0.2) is 4.57 Å². The van der Waals surface area contributed by atoms with E-state index in [9.17, 15) is 5.11 Å². The molecule has 4 rings (SSSR count). The summed E-state index contributed by atoms with van der Waals surface area (Å²) in [6, 6.07) is 11.3. The molecular weight excluding hydrogens is 315 g/mol. The molecule has 0 amide bonds.